The molecule has 4 rings (SSSR count). The molecule has 1 aromatic heterocycles. The first kappa shape index (κ1) is 23.9. The number of aliphatic hydroxyl groups is 1. The van der Waals surface area contributed by atoms with E-state index in [2.05, 4.69) is 15.3 Å². The molecule has 1 amide bonds. The third-order valence-corrected chi connectivity index (χ3v) is 6.71. The minimum absolute atomic E-state index is 0.000237. The Hall–Kier alpha value is -3.26. The zero-order valence-corrected chi connectivity index (χ0v) is 20.3. The lowest BCUT2D eigenvalue weighted by atomic mass is 9.83. The van der Waals surface area contributed by atoms with Gasteiger partial charge < -0.3 is 20.1 Å². The number of carbonyl (C=O) groups excluding carboxylic acids is 1. The molecule has 1 atom stereocenters. The maximum atomic E-state index is 14.7. The monoisotopic (exact) mass is 466 g/mol. The molecule has 3 aromatic rings. The number of fused-ring (bicyclic) bond motifs is 1. The number of anilines is 1. The molecule has 0 aliphatic carbocycles. The Morgan fingerprint density at radius 2 is 1.94 bits per heavy atom. The molecule has 180 valence electrons. The first-order valence-corrected chi connectivity index (χ1v) is 11.5. The van der Waals surface area contributed by atoms with Crippen molar-refractivity contribution in [2.24, 2.45) is 0 Å². The van der Waals surface area contributed by atoms with E-state index in [1.807, 2.05) is 19.1 Å². The van der Waals surface area contributed by atoms with Crippen LogP contribution in [0.3, 0.4) is 0 Å². The summed E-state index contributed by atoms with van der Waals surface area (Å²) in [5.41, 5.74) is 1.28. The minimum atomic E-state index is -1.15. The van der Waals surface area contributed by atoms with Gasteiger partial charge in [-0.3, -0.25) is 4.79 Å². The van der Waals surface area contributed by atoms with E-state index in [-0.39, 0.29) is 17.8 Å². The molecular weight excluding hydrogens is 435 g/mol. The van der Waals surface area contributed by atoms with Crippen molar-refractivity contribution in [3.05, 3.63) is 58.7 Å². The first-order valence-electron chi connectivity index (χ1n) is 11.5. The van der Waals surface area contributed by atoms with Gasteiger partial charge in [0.2, 0.25) is 5.91 Å². The van der Waals surface area contributed by atoms with Gasteiger partial charge in [-0.15, -0.1) is 0 Å². The lowest BCUT2D eigenvalue weighted by Crippen LogP contribution is -2.44. The average Bonchev–Trinajstić information content (AvgIpc) is 2.80. The molecular formula is C26H31FN4O3. The van der Waals surface area contributed by atoms with Crippen molar-refractivity contribution in [1.82, 2.24) is 14.9 Å². The number of amides is 1. The standard InChI is InChI=1S/C26H31FN4O3/c1-15-7-6-8-19(24(15)27)16(2)28-25-20-13-21(23(34-5)14-22(20)29-17(3)30-25)26(33)9-11-31(12-10-26)18(4)32/h6-8,13-14,16,33H,9-12H2,1-5H3,(H,28,29,30)/t16-/m1/s1. The fourth-order valence-electron chi connectivity index (χ4n) is 4.66. The molecule has 8 heteroatoms. The van der Waals surface area contributed by atoms with Crippen molar-refractivity contribution >= 4 is 22.6 Å². The van der Waals surface area contributed by atoms with Crippen LogP contribution in [0.4, 0.5) is 10.2 Å². The van der Waals surface area contributed by atoms with Gasteiger partial charge in [-0.2, -0.15) is 0 Å². The number of benzene rings is 2. The second-order valence-corrected chi connectivity index (χ2v) is 9.07. The highest BCUT2D eigenvalue weighted by molar-refractivity contribution is 5.91. The quantitative estimate of drug-likeness (QED) is 0.580. The van der Waals surface area contributed by atoms with Gasteiger partial charge in [0.25, 0.3) is 0 Å². The Morgan fingerprint density at radius 3 is 2.59 bits per heavy atom. The Bertz CT molecular complexity index is 1240. The van der Waals surface area contributed by atoms with E-state index >= 15 is 0 Å². The van der Waals surface area contributed by atoms with Crippen LogP contribution in [0.2, 0.25) is 0 Å². The summed E-state index contributed by atoms with van der Waals surface area (Å²) in [6.45, 7) is 7.90. The van der Waals surface area contributed by atoms with E-state index in [9.17, 15) is 14.3 Å². The molecule has 2 N–H and O–H groups in total. The van der Waals surface area contributed by atoms with Gasteiger partial charge in [0, 0.05) is 42.6 Å². The largest absolute Gasteiger partial charge is 0.496 e. The summed E-state index contributed by atoms with van der Waals surface area (Å²) < 4.78 is 20.4. The van der Waals surface area contributed by atoms with E-state index in [0.717, 1.165) is 0 Å². The molecule has 7 nitrogen and oxygen atoms in total. The molecule has 0 saturated carbocycles. The highest BCUT2D eigenvalue weighted by Crippen LogP contribution is 2.41. The third-order valence-electron chi connectivity index (χ3n) is 6.71. The summed E-state index contributed by atoms with van der Waals surface area (Å²) in [7, 11) is 1.56. The van der Waals surface area contributed by atoms with Crippen molar-refractivity contribution in [3.63, 3.8) is 0 Å². The minimum Gasteiger partial charge on any atom is -0.496 e. The average molecular weight is 467 g/mol. The topological polar surface area (TPSA) is 87.6 Å². The zero-order valence-electron chi connectivity index (χ0n) is 20.3. The zero-order chi connectivity index (χ0) is 24.6. The number of aromatic nitrogens is 2. The molecule has 0 radical (unpaired) electrons. The van der Waals surface area contributed by atoms with Crippen molar-refractivity contribution in [2.75, 3.05) is 25.5 Å². The number of methoxy groups -OCH3 is 1. The second-order valence-electron chi connectivity index (χ2n) is 9.07. The van der Waals surface area contributed by atoms with Gasteiger partial charge >= 0.3 is 0 Å². The summed E-state index contributed by atoms with van der Waals surface area (Å²) >= 11 is 0. The summed E-state index contributed by atoms with van der Waals surface area (Å²) in [4.78, 5) is 22.6. The number of nitrogens with zero attached hydrogens (tertiary/aromatic N) is 3. The summed E-state index contributed by atoms with van der Waals surface area (Å²) in [6.07, 6.45) is 0.795. The van der Waals surface area contributed by atoms with E-state index in [1.165, 1.54) is 6.92 Å². The van der Waals surface area contributed by atoms with Crippen molar-refractivity contribution in [2.45, 2.75) is 52.2 Å². The molecule has 34 heavy (non-hydrogen) atoms. The van der Waals surface area contributed by atoms with Crippen LogP contribution in [0.1, 0.15) is 55.2 Å². The van der Waals surface area contributed by atoms with Crippen molar-refractivity contribution in [1.29, 1.82) is 0 Å². The van der Waals surface area contributed by atoms with Gasteiger partial charge in [-0.25, -0.2) is 14.4 Å². The van der Waals surface area contributed by atoms with Crippen LogP contribution in [0.15, 0.2) is 30.3 Å². The molecule has 1 fully saturated rings. The Labute approximate surface area is 199 Å². The summed E-state index contributed by atoms with van der Waals surface area (Å²) in [5, 5.41) is 15.6. The normalized spacial score (nSPS) is 16.4. The fourth-order valence-corrected chi connectivity index (χ4v) is 4.66. The molecule has 0 bridgehead atoms. The predicted octanol–water partition coefficient (Wildman–Crippen LogP) is 4.40. The van der Waals surface area contributed by atoms with E-state index in [1.54, 1.807) is 44.1 Å². The van der Waals surface area contributed by atoms with Crippen LogP contribution < -0.4 is 10.1 Å². The number of likely N-dealkylation sites (tertiary alicyclic amines) is 1. The highest BCUT2D eigenvalue weighted by atomic mass is 19.1. The maximum Gasteiger partial charge on any atom is 0.219 e. The molecule has 2 heterocycles. The Balaban J connectivity index is 1.77. The molecule has 0 spiro atoms. The molecule has 1 aliphatic heterocycles. The predicted molar refractivity (Wildman–Crippen MR) is 129 cm³/mol. The lowest BCUT2D eigenvalue weighted by molar-refractivity contribution is -0.133. The smallest absolute Gasteiger partial charge is 0.219 e. The van der Waals surface area contributed by atoms with Crippen molar-refractivity contribution < 1.29 is 19.0 Å². The van der Waals surface area contributed by atoms with Gasteiger partial charge in [-0.1, -0.05) is 18.2 Å². The number of hydrogen-bond donors (Lipinski definition) is 2. The molecule has 0 unspecified atom stereocenters. The third kappa shape index (κ3) is 4.42. The Morgan fingerprint density at radius 1 is 1.24 bits per heavy atom. The SMILES string of the molecule is COc1cc2nc(C)nc(N[C@H](C)c3cccc(C)c3F)c2cc1C1(O)CCN(C(C)=O)CC1. The van der Waals surface area contributed by atoms with E-state index in [0.29, 0.717) is 70.9 Å². The molecule has 1 saturated heterocycles. The highest BCUT2D eigenvalue weighted by Gasteiger charge is 2.37. The molecule has 2 aromatic carbocycles. The molecule has 1 aliphatic rings. The van der Waals surface area contributed by atoms with E-state index < -0.39 is 5.60 Å². The number of ether oxygens (including phenoxy) is 1. The number of piperidine rings is 1. The van der Waals surface area contributed by atoms with Gasteiger partial charge in [-0.05, 0) is 45.2 Å². The number of hydrogen-bond acceptors (Lipinski definition) is 6. The Kier molecular flexibility index (Phi) is 6.45. The summed E-state index contributed by atoms with van der Waals surface area (Å²) in [6, 6.07) is 8.66. The fraction of sp³-hybridized carbons (Fsp3) is 0.423. The maximum absolute atomic E-state index is 14.7. The van der Waals surface area contributed by atoms with Crippen LogP contribution in [-0.4, -0.2) is 46.1 Å². The first-order chi connectivity index (χ1) is 16.1. The van der Waals surface area contributed by atoms with Crippen LogP contribution in [0, 0.1) is 19.7 Å². The lowest BCUT2D eigenvalue weighted by Gasteiger charge is -2.38. The second kappa shape index (κ2) is 9.18. The van der Waals surface area contributed by atoms with Gasteiger partial charge in [0.05, 0.1) is 24.3 Å². The van der Waals surface area contributed by atoms with Crippen LogP contribution >= 0.6 is 0 Å². The van der Waals surface area contributed by atoms with Crippen LogP contribution in [0.5, 0.6) is 5.75 Å². The van der Waals surface area contributed by atoms with Crippen LogP contribution in [-0.2, 0) is 10.4 Å². The number of nitrogens with one attached hydrogen (secondary N) is 1. The summed E-state index contributed by atoms with van der Waals surface area (Å²) in [5.74, 6) is 1.42. The van der Waals surface area contributed by atoms with Gasteiger partial charge in [0.1, 0.15) is 23.2 Å². The number of carbonyl (C=O) groups is 1. The number of halogens is 1. The van der Waals surface area contributed by atoms with Crippen LogP contribution in [0.25, 0.3) is 10.9 Å². The van der Waals surface area contributed by atoms with Crippen molar-refractivity contribution in [3.8, 4) is 5.75 Å². The number of aryl methyl sites for hydroxylation is 2. The van der Waals surface area contributed by atoms with E-state index in [4.69, 9.17) is 4.74 Å². The number of rotatable bonds is 5. The van der Waals surface area contributed by atoms with Gasteiger partial charge in [0.15, 0.2) is 0 Å².